The monoisotopic (exact) mass is 236 g/mol. The lowest BCUT2D eigenvalue weighted by Crippen LogP contribution is -2.17. The van der Waals surface area contributed by atoms with Gasteiger partial charge in [0.2, 0.25) is 0 Å². The van der Waals surface area contributed by atoms with Crippen LogP contribution >= 0.6 is 24.4 Å². The van der Waals surface area contributed by atoms with Gasteiger partial charge in [-0.05, 0) is 6.42 Å². The molecule has 1 rings (SSSR count). The Morgan fingerprint density at radius 1 is 1.86 bits per heavy atom. The van der Waals surface area contributed by atoms with E-state index in [4.69, 9.17) is 10.8 Å². The summed E-state index contributed by atoms with van der Waals surface area (Å²) in [6.45, 7) is 2.17. The van der Waals surface area contributed by atoms with Crippen molar-refractivity contribution < 1.29 is 9.90 Å². The molecule has 0 radical (unpaired) electrons. The van der Waals surface area contributed by atoms with E-state index in [1.165, 1.54) is 0 Å². The zero-order valence-corrected chi connectivity index (χ0v) is 10.0. The third-order valence-corrected chi connectivity index (χ3v) is 3.13. The summed E-state index contributed by atoms with van der Waals surface area (Å²) in [6, 6.07) is 0. The second-order valence-electron chi connectivity index (χ2n) is 2.73. The van der Waals surface area contributed by atoms with Crippen LogP contribution in [-0.2, 0) is 4.79 Å². The van der Waals surface area contributed by atoms with E-state index < -0.39 is 5.97 Å². The summed E-state index contributed by atoms with van der Waals surface area (Å²) in [5, 5.41) is 9.15. The van der Waals surface area contributed by atoms with Crippen LogP contribution in [0, 0.1) is 0 Å². The van der Waals surface area contributed by atoms with Gasteiger partial charge in [0.05, 0.1) is 16.2 Å². The molecule has 1 unspecified atom stereocenters. The number of aliphatic carboxylic acids is 1. The Hall–Kier alpha value is -0.490. The Kier molecular flexibility index (Phi) is 6.65. The molecule has 1 aliphatic rings. The summed E-state index contributed by atoms with van der Waals surface area (Å²) >= 11 is 5.15. The van der Waals surface area contributed by atoms with Crippen molar-refractivity contribution in [3.8, 4) is 0 Å². The van der Waals surface area contributed by atoms with E-state index in [2.05, 4.69) is 31.5 Å². The summed E-state index contributed by atoms with van der Waals surface area (Å²) in [6.07, 6.45) is 3.14. The highest BCUT2D eigenvalue weighted by molar-refractivity contribution is 8.03. The summed E-state index contributed by atoms with van der Waals surface area (Å²) in [5.41, 5.74) is 5.57. The minimum absolute atomic E-state index is 0.0833. The molecule has 4 nitrogen and oxygen atoms in total. The summed E-state index contributed by atoms with van der Waals surface area (Å²) in [4.78, 5) is 11.4. The van der Waals surface area contributed by atoms with Gasteiger partial charge in [-0.2, -0.15) is 12.6 Å². The van der Waals surface area contributed by atoms with Gasteiger partial charge in [0.15, 0.2) is 0 Å². The van der Waals surface area contributed by atoms with Gasteiger partial charge in [0, 0.05) is 13.2 Å². The first-order valence-corrected chi connectivity index (χ1v) is 5.71. The first-order chi connectivity index (χ1) is 6.51. The largest absolute Gasteiger partial charge is 0.481 e. The van der Waals surface area contributed by atoms with Crippen molar-refractivity contribution in [2.24, 2.45) is 5.73 Å². The van der Waals surface area contributed by atoms with Crippen LogP contribution in [0.4, 0.5) is 0 Å². The molecule has 0 fully saturated rings. The summed E-state index contributed by atoms with van der Waals surface area (Å²) in [5.74, 6) is -0.965. The van der Waals surface area contributed by atoms with Crippen molar-refractivity contribution in [2.45, 2.75) is 18.7 Å². The van der Waals surface area contributed by atoms with Crippen LogP contribution in [0.5, 0.6) is 0 Å². The normalized spacial score (nSPS) is 19.8. The van der Waals surface area contributed by atoms with E-state index in [1.807, 2.05) is 6.20 Å². The van der Waals surface area contributed by atoms with Crippen LogP contribution < -0.4 is 5.73 Å². The quantitative estimate of drug-likeness (QED) is 0.628. The van der Waals surface area contributed by atoms with Gasteiger partial charge in [0.1, 0.15) is 0 Å². The molecule has 1 atom stereocenters. The maximum Gasteiger partial charge on any atom is 0.313 e. The van der Waals surface area contributed by atoms with Crippen LogP contribution in [0.25, 0.3) is 0 Å². The molecule has 0 aromatic rings. The minimum Gasteiger partial charge on any atom is -0.481 e. The van der Waals surface area contributed by atoms with Gasteiger partial charge in [-0.1, -0.05) is 18.7 Å². The Morgan fingerprint density at radius 3 is 2.50 bits per heavy atom. The number of carboxylic acids is 1. The molecule has 3 N–H and O–H groups in total. The second-order valence-corrected chi connectivity index (χ2v) is 4.30. The smallest absolute Gasteiger partial charge is 0.313 e. The molecule has 6 heteroatoms. The fourth-order valence-corrected chi connectivity index (χ4v) is 1.86. The van der Waals surface area contributed by atoms with E-state index in [-0.39, 0.29) is 5.75 Å². The van der Waals surface area contributed by atoms with E-state index in [1.54, 1.807) is 11.8 Å². The van der Waals surface area contributed by atoms with Gasteiger partial charge < -0.3 is 15.7 Å². The first kappa shape index (κ1) is 13.5. The van der Waals surface area contributed by atoms with Crippen LogP contribution in [0.1, 0.15) is 13.3 Å². The predicted molar refractivity (Wildman–Crippen MR) is 63.2 cm³/mol. The highest BCUT2D eigenvalue weighted by atomic mass is 32.2. The van der Waals surface area contributed by atoms with Crippen molar-refractivity contribution in [3.63, 3.8) is 0 Å². The van der Waals surface area contributed by atoms with Gasteiger partial charge >= 0.3 is 5.97 Å². The number of thiol groups is 1. The highest BCUT2D eigenvalue weighted by Crippen LogP contribution is 2.29. The van der Waals surface area contributed by atoms with E-state index >= 15 is 0 Å². The second kappa shape index (κ2) is 6.89. The number of nitrogens with zero attached hydrogens (tertiary/aromatic N) is 1. The Morgan fingerprint density at radius 2 is 2.36 bits per heavy atom. The molecule has 0 aromatic heterocycles. The lowest BCUT2D eigenvalue weighted by molar-refractivity contribution is -0.133. The number of carboxylic acid groups (broad SMARTS) is 1. The first-order valence-electron chi connectivity index (χ1n) is 4.19. The summed E-state index contributed by atoms with van der Waals surface area (Å²) in [7, 11) is 2.06. The molecular formula is C8H16N2O2S2. The molecule has 1 heterocycles. The minimum atomic E-state index is -0.881. The maximum absolute atomic E-state index is 9.29. The van der Waals surface area contributed by atoms with Gasteiger partial charge in [0.25, 0.3) is 0 Å². The number of carbonyl (C=O) groups is 1. The molecule has 0 bridgehead atoms. The fraction of sp³-hybridized carbons (Fsp3) is 0.625. The number of hydrogen-bond acceptors (Lipinski definition) is 5. The number of thioether (sulfide) groups is 1. The van der Waals surface area contributed by atoms with Gasteiger partial charge in [-0.25, -0.2) is 0 Å². The fourth-order valence-electron chi connectivity index (χ4n) is 0.926. The van der Waals surface area contributed by atoms with Crippen molar-refractivity contribution in [1.29, 1.82) is 0 Å². The topological polar surface area (TPSA) is 66.6 Å². The number of nitrogens with two attached hydrogens (primary N) is 1. The lowest BCUT2D eigenvalue weighted by atomic mass is 10.4. The van der Waals surface area contributed by atoms with Gasteiger partial charge in [-0.3, -0.25) is 4.79 Å². The number of rotatable bonds is 2. The van der Waals surface area contributed by atoms with Crippen LogP contribution in [0.3, 0.4) is 0 Å². The molecule has 0 spiro atoms. The van der Waals surface area contributed by atoms with Crippen LogP contribution in [0.15, 0.2) is 11.2 Å². The molecule has 0 saturated carbocycles. The van der Waals surface area contributed by atoms with Gasteiger partial charge in [-0.15, -0.1) is 0 Å². The average Bonchev–Trinajstić information content (AvgIpc) is 2.45. The number of hydrogen-bond donors (Lipinski definition) is 3. The third-order valence-electron chi connectivity index (χ3n) is 1.54. The maximum atomic E-state index is 9.29. The molecule has 0 amide bonds. The molecule has 14 heavy (non-hydrogen) atoms. The molecule has 0 saturated heterocycles. The lowest BCUT2D eigenvalue weighted by Gasteiger charge is -2.16. The van der Waals surface area contributed by atoms with E-state index in [9.17, 15) is 4.79 Å². The average molecular weight is 236 g/mol. The van der Waals surface area contributed by atoms with E-state index in [0.717, 1.165) is 11.4 Å². The SMILES string of the molecule is CCC1SC(N)=CN1C.O=C(O)CS. The zero-order chi connectivity index (χ0) is 11.1. The third kappa shape index (κ3) is 5.29. The highest BCUT2D eigenvalue weighted by Gasteiger charge is 2.17. The van der Waals surface area contributed by atoms with Crippen molar-refractivity contribution in [3.05, 3.63) is 11.2 Å². The molecular weight excluding hydrogens is 220 g/mol. The molecule has 1 aliphatic heterocycles. The van der Waals surface area contributed by atoms with Crippen LogP contribution in [0.2, 0.25) is 0 Å². The van der Waals surface area contributed by atoms with Crippen molar-refractivity contribution >= 4 is 30.4 Å². The standard InChI is InChI=1S/C6H12N2S.C2H4O2S/c1-3-6-8(2)4-5(7)9-6;3-2(4)1-5/h4,6H,3,7H2,1-2H3;5H,1H2,(H,3,4). The van der Waals surface area contributed by atoms with Crippen LogP contribution in [-0.4, -0.2) is 34.2 Å². The van der Waals surface area contributed by atoms with Crippen molar-refractivity contribution in [2.75, 3.05) is 12.8 Å². The van der Waals surface area contributed by atoms with E-state index in [0.29, 0.717) is 5.37 Å². The molecule has 0 aromatic carbocycles. The Labute approximate surface area is 93.9 Å². The Balaban J connectivity index is 0.000000292. The molecule has 82 valence electrons. The molecule has 0 aliphatic carbocycles. The summed E-state index contributed by atoms with van der Waals surface area (Å²) < 4.78 is 0. The Bertz CT molecular complexity index is 221. The predicted octanol–water partition coefficient (Wildman–Crippen LogP) is 1.16. The van der Waals surface area contributed by atoms with Crippen molar-refractivity contribution in [1.82, 2.24) is 4.90 Å². The zero-order valence-electron chi connectivity index (χ0n) is 8.30.